The first-order valence-electron chi connectivity index (χ1n) is 10.9. The van der Waals surface area contributed by atoms with Crippen molar-refractivity contribution in [3.05, 3.63) is 62.4 Å². The van der Waals surface area contributed by atoms with Crippen LogP contribution in [0.4, 0.5) is 5.00 Å². The number of nitrogens with one attached hydrogen (secondary N) is 1. The third-order valence-corrected chi connectivity index (χ3v) is 7.00. The largest absolute Gasteiger partial charge is 0.493 e. The van der Waals surface area contributed by atoms with E-state index in [4.69, 9.17) is 14.2 Å². The second-order valence-electron chi connectivity index (χ2n) is 7.74. The van der Waals surface area contributed by atoms with Crippen molar-refractivity contribution in [2.45, 2.75) is 33.6 Å². The van der Waals surface area contributed by atoms with E-state index in [2.05, 4.69) is 27.3 Å². The number of thiophene rings is 1. The summed E-state index contributed by atoms with van der Waals surface area (Å²) in [6, 6.07) is 9.75. The van der Waals surface area contributed by atoms with Gasteiger partial charge in [0.1, 0.15) is 10.6 Å². The zero-order chi connectivity index (χ0) is 24.8. The number of esters is 1. The van der Waals surface area contributed by atoms with E-state index in [1.807, 2.05) is 43.5 Å². The summed E-state index contributed by atoms with van der Waals surface area (Å²) in [6.07, 6.45) is 0.712. The highest BCUT2D eigenvalue weighted by molar-refractivity contribution is 9.10. The van der Waals surface area contributed by atoms with Crippen LogP contribution < -0.4 is 14.8 Å². The Morgan fingerprint density at radius 2 is 1.74 bits per heavy atom. The van der Waals surface area contributed by atoms with Gasteiger partial charge in [0.15, 0.2) is 11.5 Å². The van der Waals surface area contributed by atoms with E-state index in [-0.39, 0.29) is 18.9 Å². The van der Waals surface area contributed by atoms with E-state index in [0.717, 1.165) is 32.3 Å². The minimum Gasteiger partial charge on any atom is -0.493 e. The van der Waals surface area contributed by atoms with E-state index in [1.54, 1.807) is 21.1 Å². The average molecular weight is 546 g/mol. The molecule has 0 fully saturated rings. The molecule has 0 aliphatic heterocycles. The van der Waals surface area contributed by atoms with Gasteiger partial charge >= 0.3 is 5.97 Å². The van der Waals surface area contributed by atoms with Gasteiger partial charge in [0.2, 0.25) is 5.91 Å². The van der Waals surface area contributed by atoms with Gasteiger partial charge in [-0.3, -0.25) is 4.79 Å². The second kappa shape index (κ2) is 11.5. The number of benzene rings is 2. The van der Waals surface area contributed by atoms with Crippen LogP contribution in [0, 0.1) is 13.8 Å². The molecule has 0 aliphatic rings. The molecular formula is C26H28BrNO5S. The first-order chi connectivity index (χ1) is 16.3. The van der Waals surface area contributed by atoms with Gasteiger partial charge in [0.05, 0.1) is 20.8 Å². The van der Waals surface area contributed by atoms with Crippen LogP contribution >= 0.6 is 27.3 Å². The fraction of sp³-hybridized carbons (Fsp3) is 0.308. The highest BCUT2D eigenvalue weighted by atomic mass is 79.9. The number of methoxy groups -OCH3 is 2. The van der Waals surface area contributed by atoms with Crippen molar-refractivity contribution in [2.24, 2.45) is 0 Å². The molecule has 2 aromatic carbocycles. The quantitative estimate of drug-likeness (QED) is 0.308. The maximum Gasteiger partial charge on any atom is 0.341 e. The number of carbonyl (C=O) groups is 2. The first-order valence-corrected chi connectivity index (χ1v) is 12.5. The monoisotopic (exact) mass is 545 g/mol. The molecule has 0 bridgehead atoms. The molecule has 1 amide bonds. The number of carbonyl (C=O) groups excluding carboxylic acids is 2. The van der Waals surface area contributed by atoms with Crippen molar-refractivity contribution in [1.29, 1.82) is 0 Å². The molecule has 1 N–H and O–H groups in total. The van der Waals surface area contributed by atoms with E-state index in [1.165, 1.54) is 11.3 Å². The number of rotatable bonds is 9. The Hall–Kier alpha value is -2.84. The molecule has 34 heavy (non-hydrogen) atoms. The van der Waals surface area contributed by atoms with Crippen LogP contribution in [0.1, 0.15) is 40.4 Å². The lowest BCUT2D eigenvalue weighted by Gasteiger charge is -2.12. The number of amides is 1. The van der Waals surface area contributed by atoms with Crippen LogP contribution in [-0.2, 0) is 16.0 Å². The molecule has 0 spiro atoms. The number of hydrogen-bond acceptors (Lipinski definition) is 6. The zero-order valence-corrected chi connectivity index (χ0v) is 22.3. The Balaban J connectivity index is 1.83. The molecule has 3 aromatic rings. The molecule has 1 heterocycles. The third kappa shape index (κ3) is 5.80. The summed E-state index contributed by atoms with van der Waals surface area (Å²) >= 11 is 4.85. The average Bonchev–Trinajstić information content (AvgIpc) is 3.21. The highest BCUT2D eigenvalue weighted by Gasteiger charge is 2.23. The Bertz CT molecular complexity index is 1200. The van der Waals surface area contributed by atoms with Crippen molar-refractivity contribution in [3.8, 4) is 22.6 Å². The summed E-state index contributed by atoms with van der Waals surface area (Å²) in [5.74, 6) is 0.569. The summed E-state index contributed by atoms with van der Waals surface area (Å²) in [5.41, 5.74) is 5.21. The van der Waals surface area contributed by atoms with Crippen LogP contribution in [0.15, 0.2) is 40.2 Å². The Kier molecular flexibility index (Phi) is 8.74. The molecule has 0 atom stereocenters. The van der Waals surface area contributed by atoms with Crippen molar-refractivity contribution >= 4 is 44.1 Å². The summed E-state index contributed by atoms with van der Waals surface area (Å²) in [4.78, 5) is 25.7. The molecule has 6 nitrogen and oxygen atoms in total. The summed E-state index contributed by atoms with van der Waals surface area (Å²) in [5, 5.41) is 5.30. The lowest BCUT2D eigenvalue weighted by molar-refractivity contribution is -0.116. The molecule has 8 heteroatoms. The van der Waals surface area contributed by atoms with Gasteiger partial charge in [-0.05, 0) is 56.0 Å². The van der Waals surface area contributed by atoms with Crippen molar-refractivity contribution in [2.75, 3.05) is 26.1 Å². The molecule has 0 aliphatic carbocycles. The second-order valence-corrected chi connectivity index (χ2v) is 9.47. The lowest BCUT2D eigenvalue weighted by atomic mass is 9.97. The smallest absolute Gasteiger partial charge is 0.341 e. The van der Waals surface area contributed by atoms with Crippen molar-refractivity contribution in [3.63, 3.8) is 0 Å². The van der Waals surface area contributed by atoms with Gasteiger partial charge in [-0.15, -0.1) is 11.3 Å². The first kappa shape index (κ1) is 25.8. The van der Waals surface area contributed by atoms with Crippen LogP contribution in [-0.4, -0.2) is 32.7 Å². The third-order valence-electron chi connectivity index (χ3n) is 5.37. The van der Waals surface area contributed by atoms with Gasteiger partial charge < -0.3 is 19.5 Å². The standard InChI is InChI=1S/C26H28BrNO5S/c1-6-33-26(30)24-19(18-9-7-15(2)11-16(18)3)14-34-25(24)28-23(29)10-8-17-12-21(31-4)22(32-5)13-20(17)27/h7,9,11-14H,6,8,10H2,1-5H3,(H,28,29). The SMILES string of the molecule is CCOC(=O)c1c(-c2ccc(C)cc2C)csc1NC(=O)CCc1cc(OC)c(OC)cc1Br. The molecule has 0 unspecified atom stereocenters. The Labute approximate surface area is 212 Å². The van der Waals surface area contributed by atoms with Gasteiger partial charge in [-0.1, -0.05) is 39.7 Å². The van der Waals surface area contributed by atoms with Gasteiger partial charge in [0, 0.05) is 21.8 Å². The fourth-order valence-corrected chi connectivity index (χ4v) is 5.18. The normalized spacial score (nSPS) is 10.6. The summed E-state index contributed by atoms with van der Waals surface area (Å²) in [7, 11) is 3.15. The van der Waals surface area contributed by atoms with E-state index < -0.39 is 5.97 Å². The Morgan fingerprint density at radius 3 is 2.38 bits per heavy atom. The Morgan fingerprint density at radius 1 is 1.03 bits per heavy atom. The number of halogens is 1. The topological polar surface area (TPSA) is 73.9 Å². The van der Waals surface area contributed by atoms with Gasteiger partial charge in [0.25, 0.3) is 0 Å². The number of anilines is 1. The zero-order valence-electron chi connectivity index (χ0n) is 19.9. The molecule has 1 aromatic heterocycles. The molecule has 0 radical (unpaired) electrons. The summed E-state index contributed by atoms with van der Waals surface area (Å²) < 4.78 is 16.8. The van der Waals surface area contributed by atoms with E-state index >= 15 is 0 Å². The predicted octanol–water partition coefficient (Wildman–Crippen LogP) is 6.56. The highest BCUT2D eigenvalue weighted by Crippen LogP contribution is 2.38. The minimum absolute atomic E-state index is 0.193. The van der Waals surface area contributed by atoms with Crippen LogP contribution in [0.25, 0.3) is 11.1 Å². The lowest BCUT2D eigenvalue weighted by Crippen LogP contribution is -2.15. The molecular weight excluding hydrogens is 518 g/mol. The molecule has 0 saturated carbocycles. The number of hydrogen-bond donors (Lipinski definition) is 1. The van der Waals surface area contributed by atoms with Crippen LogP contribution in [0.3, 0.4) is 0 Å². The van der Waals surface area contributed by atoms with Crippen molar-refractivity contribution in [1.82, 2.24) is 0 Å². The van der Waals surface area contributed by atoms with E-state index in [9.17, 15) is 9.59 Å². The number of ether oxygens (including phenoxy) is 3. The molecule has 3 rings (SSSR count). The maximum absolute atomic E-state index is 12.8. The minimum atomic E-state index is -0.448. The number of aryl methyl sites for hydroxylation is 3. The summed E-state index contributed by atoms with van der Waals surface area (Å²) in [6.45, 7) is 6.05. The van der Waals surface area contributed by atoms with Crippen LogP contribution in [0.2, 0.25) is 0 Å². The maximum atomic E-state index is 12.8. The van der Waals surface area contributed by atoms with Crippen LogP contribution in [0.5, 0.6) is 11.5 Å². The van der Waals surface area contributed by atoms with Crippen molar-refractivity contribution < 1.29 is 23.8 Å². The molecule has 180 valence electrons. The van der Waals surface area contributed by atoms with E-state index in [0.29, 0.717) is 28.5 Å². The predicted molar refractivity (Wildman–Crippen MR) is 139 cm³/mol. The molecule has 0 saturated heterocycles. The van der Waals surface area contributed by atoms with Gasteiger partial charge in [-0.25, -0.2) is 4.79 Å². The fourth-order valence-electron chi connectivity index (χ4n) is 3.70. The van der Waals surface area contributed by atoms with Gasteiger partial charge in [-0.2, -0.15) is 0 Å².